The molecule has 0 saturated heterocycles. The monoisotopic (exact) mass is 394 g/mol. The molecule has 0 bridgehead atoms. The zero-order valence-electron chi connectivity index (χ0n) is 15.3. The molecule has 2 fully saturated rings. The maximum atomic E-state index is 12.7. The number of pyridine rings is 1. The van der Waals surface area contributed by atoms with E-state index in [0.29, 0.717) is 11.5 Å². The number of alkyl halides is 2. The molecule has 8 heteroatoms. The first-order valence-corrected chi connectivity index (χ1v) is 10.4. The van der Waals surface area contributed by atoms with E-state index in [4.69, 9.17) is 0 Å². The van der Waals surface area contributed by atoms with E-state index in [9.17, 15) is 13.6 Å². The van der Waals surface area contributed by atoms with Gasteiger partial charge in [-0.15, -0.1) is 11.3 Å². The van der Waals surface area contributed by atoms with Crippen molar-refractivity contribution in [2.75, 3.05) is 0 Å². The van der Waals surface area contributed by atoms with Gasteiger partial charge < -0.3 is 10.6 Å². The number of rotatable bonds is 6. The number of nitrogens with one attached hydrogen (secondary N) is 2. The number of carbonyl (C=O) groups is 1. The summed E-state index contributed by atoms with van der Waals surface area (Å²) in [7, 11) is 0. The van der Waals surface area contributed by atoms with Crippen molar-refractivity contribution in [2.45, 2.75) is 75.9 Å². The Kier molecular flexibility index (Phi) is 5.36. The number of aromatic nitrogens is 2. The summed E-state index contributed by atoms with van der Waals surface area (Å²) in [5.41, 5.74) is 1.28. The largest absolute Gasteiger partial charge is 0.349 e. The third-order valence-corrected chi connectivity index (χ3v) is 6.55. The molecule has 2 aliphatic carbocycles. The van der Waals surface area contributed by atoms with E-state index in [-0.39, 0.29) is 18.0 Å². The molecule has 2 aromatic rings. The van der Waals surface area contributed by atoms with Crippen LogP contribution in [0.4, 0.5) is 8.78 Å². The van der Waals surface area contributed by atoms with Crippen LogP contribution in [0.25, 0.3) is 10.3 Å². The van der Waals surface area contributed by atoms with Crippen LogP contribution in [0.1, 0.15) is 66.7 Å². The van der Waals surface area contributed by atoms with Crippen molar-refractivity contribution in [1.82, 2.24) is 20.6 Å². The third-order valence-electron chi connectivity index (χ3n) is 5.39. The molecule has 2 aliphatic rings. The van der Waals surface area contributed by atoms with Crippen molar-refractivity contribution in [1.29, 1.82) is 0 Å². The Morgan fingerprint density at radius 3 is 2.56 bits per heavy atom. The molecule has 4 rings (SSSR count). The van der Waals surface area contributed by atoms with E-state index in [1.54, 1.807) is 17.5 Å². The summed E-state index contributed by atoms with van der Waals surface area (Å²) in [5, 5.41) is 7.17. The molecule has 1 unspecified atom stereocenters. The number of carbonyl (C=O) groups excluding carboxylic acids is 1. The summed E-state index contributed by atoms with van der Waals surface area (Å²) < 4.78 is 26.3. The first-order chi connectivity index (χ1) is 13.0. The molecule has 2 heterocycles. The minimum absolute atomic E-state index is 0.0802. The fourth-order valence-electron chi connectivity index (χ4n) is 3.58. The fourth-order valence-corrected chi connectivity index (χ4v) is 4.72. The lowest BCUT2D eigenvalue weighted by atomic mass is 9.90. The van der Waals surface area contributed by atoms with Crippen molar-refractivity contribution in [3.63, 3.8) is 0 Å². The van der Waals surface area contributed by atoms with Crippen LogP contribution in [-0.2, 0) is 0 Å². The van der Waals surface area contributed by atoms with Gasteiger partial charge in [-0.3, -0.25) is 4.79 Å². The Morgan fingerprint density at radius 1 is 1.19 bits per heavy atom. The molecule has 27 heavy (non-hydrogen) atoms. The van der Waals surface area contributed by atoms with Crippen LogP contribution in [0.2, 0.25) is 0 Å². The molecule has 2 saturated carbocycles. The highest BCUT2D eigenvalue weighted by Gasteiger charge is 2.28. The lowest BCUT2D eigenvalue weighted by Gasteiger charge is -2.31. The normalized spacial score (nSPS) is 24.3. The van der Waals surface area contributed by atoms with Crippen LogP contribution in [0.15, 0.2) is 12.3 Å². The molecule has 0 radical (unpaired) electrons. The summed E-state index contributed by atoms with van der Waals surface area (Å²) >= 11 is 1.63. The van der Waals surface area contributed by atoms with E-state index >= 15 is 0 Å². The second-order valence-electron chi connectivity index (χ2n) is 7.68. The zero-order valence-corrected chi connectivity index (χ0v) is 16.1. The zero-order chi connectivity index (χ0) is 19.0. The van der Waals surface area contributed by atoms with Gasteiger partial charge in [-0.1, -0.05) is 0 Å². The number of fused-ring (bicyclic) bond motifs is 1. The summed E-state index contributed by atoms with van der Waals surface area (Å²) in [6, 6.07) is 1.26. The first kappa shape index (κ1) is 18.7. The van der Waals surface area contributed by atoms with Crippen LogP contribution < -0.4 is 10.6 Å². The van der Waals surface area contributed by atoms with Gasteiger partial charge in [0.15, 0.2) is 5.65 Å². The van der Waals surface area contributed by atoms with Crippen LogP contribution >= 0.6 is 11.3 Å². The minimum Gasteiger partial charge on any atom is -0.349 e. The van der Waals surface area contributed by atoms with Gasteiger partial charge in [-0.25, -0.2) is 18.7 Å². The van der Waals surface area contributed by atoms with E-state index < -0.39 is 12.5 Å². The summed E-state index contributed by atoms with van der Waals surface area (Å²) in [4.78, 5) is 21.5. The molecular weight excluding hydrogens is 370 g/mol. The van der Waals surface area contributed by atoms with E-state index in [0.717, 1.165) is 41.0 Å². The predicted octanol–water partition coefficient (Wildman–Crippen LogP) is 3.85. The Labute approximate surface area is 161 Å². The number of amides is 1. The Bertz CT molecular complexity index is 815. The number of nitrogens with zero attached hydrogens (tertiary/aromatic N) is 2. The third kappa shape index (κ3) is 4.43. The molecule has 1 amide bonds. The molecule has 0 aliphatic heterocycles. The van der Waals surface area contributed by atoms with E-state index in [1.165, 1.54) is 19.8 Å². The summed E-state index contributed by atoms with van der Waals surface area (Å²) in [5.74, 6) is 0.459. The molecule has 5 nitrogen and oxygen atoms in total. The van der Waals surface area contributed by atoms with Gasteiger partial charge in [-0.05, 0) is 51.5 Å². The highest BCUT2D eigenvalue weighted by molar-refractivity contribution is 7.18. The number of thiazole rings is 1. The topological polar surface area (TPSA) is 66.9 Å². The van der Waals surface area contributed by atoms with Crippen molar-refractivity contribution in [3.05, 3.63) is 22.8 Å². The highest BCUT2D eigenvalue weighted by atomic mass is 32.1. The van der Waals surface area contributed by atoms with Gasteiger partial charge in [0.25, 0.3) is 12.3 Å². The molecule has 1 atom stereocenters. The van der Waals surface area contributed by atoms with E-state index in [1.807, 2.05) is 6.07 Å². The van der Waals surface area contributed by atoms with Crippen LogP contribution in [-0.4, -0.2) is 40.4 Å². The van der Waals surface area contributed by atoms with Crippen molar-refractivity contribution in [3.8, 4) is 0 Å². The van der Waals surface area contributed by atoms with Crippen LogP contribution in [0.5, 0.6) is 0 Å². The molecule has 0 aromatic carbocycles. The van der Waals surface area contributed by atoms with Gasteiger partial charge >= 0.3 is 0 Å². The Hall–Kier alpha value is -1.67. The number of hydrogen-bond acceptors (Lipinski definition) is 5. The SMILES string of the molecule is CC(N[C@H]1CC[C@H](NC(=O)c2cnc3nc(C4CC4)sc3c2)CC1)C(F)F. The quantitative estimate of drug-likeness (QED) is 0.781. The van der Waals surface area contributed by atoms with Gasteiger partial charge in [0.1, 0.15) is 0 Å². The maximum absolute atomic E-state index is 12.7. The Morgan fingerprint density at radius 2 is 1.89 bits per heavy atom. The second kappa shape index (κ2) is 7.75. The molecule has 0 spiro atoms. The van der Waals surface area contributed by atoms with Crippen molar-refractivity contribution in [2.24, 2.45) is 0 Å². The van der Waals surface area contributed by atoms with Gasteiger partial charge in [-0.2, -0.15) is 0 Å². The van der Waals surface area contributed by atoms with Gasteiger partial charge in [0.2, 0.25) is 0 Å². The lowest BCUT2D eigenvalue weighted by Crippen LogP contribution is -2.46. The molecule has 146 valence electrons. The van der Waals surface area contributed by atoms with Crippen LogP contribution in [0, 0.1) is 0 Å². The van der Waals surface area contributed by atoms with Gasteiger partial charge in [0, 0.05) is 24.2 Å². The van der Waals surface area contributed by atoms with Gasteiger partial charge in [0.05, 0.1) is 21.3 Å². The lowest BCUT2D eigenvalue weighted by molar-refractivity contribution is 0.0894. The number of halogens is 2. The maximum Gasteiger partial charge on any atom is 0.253 e. The molecule has 2 N–H and O–H groups in total. The summed E-state index contributed by atoms with van der Waals surface area (Å²) in [6.07, 6.45) is 4.80. The van der Waals surface area contributed by atoms with E-state index in [2.05, 4.69) is 20.6 Å². The van der Waals surface area contributed by atoms with Crippen molar-refractivity contribution >= 4 is 27.6 Å². The average molecular weight is 394 g/mol. The second-order valence-corrected chi connectivity index (χ2v) is 8.75. The molecular formula is C19H24F2N4OS. The minimum atomic E-state index is -2.35. The predicted molar refractivity (Wildman–Crippen MR) is 102 cm³/mol. The van der Waals surface area contributed by atoms with Crippen molar-refractivity contribution < 1.29 is 13.6 Å². The fraction of sp³-hybridized carbons (Fsp3) is 0.632. The average Bonchev–Trinajstić information content (AvgIpc) is 3.41. The smallest absolute Gasteiger partial charge is 0.253 e. The highest BCUT2D eigenvalue weighted by Crippen LogP contribution is 2.43. The number of hydrogen-bond donors (Lipinski definition) is 2. The molecule has 2 aromatic heterocycles. The Balaban J connectivity index is 1.32. The first-order valence-electron chi connectivity index (χ1n) is 9.61. The summed E-state index contributed by atoms with van der Waals surface area (Å²) in [6.45, 7) is 1.51. The standard InChI is InChI=1S/C19H24F2N4OS/c1-10(16(20)21)23-13-4-6-14(7-5-13)24-18(26)12-8-15-17(22-9-12)25-19(27-15)11-2-3-11/h8-11,13-14,16,23H,2-7H2,1H3,(H,24,26)/t10?,13-,14-. The van der Waals surface area contributed by atoms with Crippen LogP contribution in [0.3, 0.4) is 0 Å².